The van der Waals surface area contributed by atoms with Crippen molar-refractivity contribution in [1.82, 2.24) is 4.98 Å². The highest BCUT2D eigenvalue weighted by molar-refractivity contribution is 5.25. The smallest absolute Gasteiger partial charge is 0.218 e. The standard InChI is InChI=1S/C13H20N2O2/c1-9-6-12(7-10(2)16-9)17-13-11(8-14)4-3-5-15-13/h3-5,9-10,12H,6-8,14H2,1-2H3. The van der Waals surface area contributed by atoms with Crippen LogP contribution in [0.2, 0.25) is 0 Å². The van der Waals surface area contributed by atoms with Gasteiger partial charge in [0.05, 0.1) is 12.2 Å². The van der Waals surface area contributed by atoms with Gasteiger partial charge in [-0.25, -0.2) is 4.98 Å². The van der Waals surface area contributed by atoms with Gasteiger partial charge in [-0.05, 0) is 19.9 Å². The molecule has 1 saturated heterocycles. The Morgan fingerprint density at radius 3 is 2.76 bits per heavy atom. The zero-order chi connectivity index (χ0) is 12.3. The van der Waals surface area contributed by atoms with Crippen LogP contribution >= 0.6 is 0 Å². The zero-order valence-corrected chi connectivity index (χ0v) is 10.4. The number of pyridine rings is 1. The van der Waals surface area contributed by atoms with Gasteiger partial charge in [0.15, 0.2) is 0 Å². The van der Waals surface area contributed by atoms with Crippen molar-refractivity contribution in [3.05, 3.63) is 23.9 Å². The van der Waals surface area contributed by atoms with Crippen molar-refractivity contribution in [3.63, 3.8) is 0 Å². The van der Waals surface area contributed by atoms with Crippen LogP contribution in [-0.2, 0) is 11.3 Å². The van der Waals surface area contributed by atoms with Crippen molar-refractivity contribution in [3.8, 4) is 5.88 Å². The summed E-state index contributed by atoms with van der Waals surface area (Å²) in [4.78, 5) is 4.25. The van der Waals surface area contributed by atoms with E-state index in [1.165, 1.54) is 0 Å². The molecule has 0 radical (unpaired) electrons. The minimum Gasteiger partial charge on any atom is -0.474 e. The van der Waals surface area contributed by atoms with Crippen LogP contribution in [0.25, 0.3) is 0 Å². The molecule has 1 aliphatic heterocycles. The Balaban J connectivity index is 2.04. The highest BCUT2D eigenvalue weighted by Gasteiger charge is 2.26. The number of hydrogen-bond donors (Lipinski definition) is 1. The van der Waals surface area contributed by atoms with Gasteiger partial charge in [-0.3, -0.25) is 0 Å². The van der Waals surface area contributed by atoms with E-state index in [9.17, 15) is 0 Å². The first-order chi connectivity index (χ1) is 8.19. The predicted molar refractivity (Wildman–Crippen MR) is 65.8 cm³/mol. The first-order valence-corrected chi connectivity index (χ1v) is 6.15. The van der Waals surface area contributed by atoms with Gasteiger partial charge in [0.25, 0.3) is 0 Å². The average molecular weight is 236 g/mol. The molecule has 0 aromatic carbocycles. The summed E-state index contributed by atoms with van der Waals surface area (Å²) in [6.45, 7) is 4.61. The Morgan fingerprint density at radius 2 is 2.12 bits per heavy atom. The summed E-state index contributed by atoms with van der Waals surface area (Å²) in [5.74, 6) is 0.668. The molecule has 2 unspecified atom stereocenters. The molecule has 2 N–H and O–H groups in total. The van der Waals surface area contributed by atoms with Crippen molar-refractivity contribution >= 4 is 0 Å². The molecule has 0 aliphatic carbocycles. The third kappa shape index (κ3) is 3.17. The normalized spacial score (nSPS) is 29.0. The van der Waals surface area contributed by atoms with Crippen LogP contribution in [0.3, 0.4) is 0 Å². The van der Waals surface area contributed by atoms with Crippen LogP contribution in [0, 0.1) is 0 Å². The number of nitrogens with two attached hydrogens (primary N) is 1. The third-order valence-corrected chi connectivity index (χ3v) is 3.00. The lowest BCUT2D eigenvalue weighted by molar-refractivity contribution is -0.0731. The summed E-state index contributed by atoms with van der Waals surface area (Å²) in [5.41, 5.74) is 6.62. The minimum atomic E-state index is 0.175. The Morgan fingerprint density at radius 1 is 1.41 bits per heavy atom. The number of ether oxygens (including phenoxy) is 2. The summed E-state index contributed by atoms with van der Waals surface area (Å²) in [7, 11) is 0. The lowest BCUT2D eigenvalue weighted by Gasteiger charge is -2.32. The molecule has 0 spiro atoms. The molecule has 94 valence electrons. The summed E-state index contributed by atoms with van der Waals surface area (Å²) >= 11 is 0. The van der Waals surface area contributed by atoms with Gasteiger partial charge >= 0.3 is 0 Å². The van der Waals surface area contributed by atoms with Crippen LogP contribution in [0.4, 0.5) is 0 Å². The van der Waals surface area contributed by atoms with E-state index in [0.29, 0.717) is 12.4 Å². The van der Waals surface area contributed by atoms with E-state index in [0.717, 1.165) is 18.4 Å². The number of nitrogens with zero attached hydrogens (tertiary/aromatic N) is 1. The molecule has 4 heteroatoms. The molecule has 2 rings (SSSR count). The van der Waals surface area contributed by atoms with E-state index in [-0.39, 0.29) is 18.3 Å². The SMILES string of the molecule is CC1CC(Oc2ncccc2CN)CC(C)O1. The van der Waals surface area contributed by atoms with Gasteiger partial charge in [-0.1, -0.05) is 6.07 Å². The Kier molecular flexibility index (Phi) is 3.97. The summed E-state index contributed by atoms with van der Waals surface area (Å²) in [6.07, 6.45) is 4.22. The monoisotopic (exact) mass is 236 g/mol. The van der Waals surface area contributed by atoms with Gasteiger partial charge in [0.2, 0.25) is 5.88 Å². The molecule has 0 bridgehead atoms. The molecular formula is C13H20N2O2. The molecule has 2 atom stereocenters. The maximum Gasteiger partial charge on any atom is 0.218 e. The van der Waals surface area contributed by atoms with Crippen LogP contribution in [0.5, 0.6) is 5.88 Å². The number of hydrogen-bond acceptors (Lipinski definition) is 4. The molecule has 1 aromatic rings. The lowest BCUT2D eigenvalue weighted by Crippen LogP contribution is -2.36. The topological polar surface area (TPSA) is 57.4 Å². The zero-order valence-electron chi connectivity index (χ0n) is 10.4. The second-order valence-electron chi connectivity index (χ2n) is 4.64. The van der Waals surface area contributed by atoms with Crippen molar-refractivity contribution < 1.29 is 9.47 Å². The number of rotatable bonds is 3. The quantitative estimate of drug-likeness (QED) is 0.870. The molecule has 0 amide bonds. The van der Waals surface area contributed by atoms with Gasteiger partial charge < -0.3 is 15.2 Å². The second kappa shape index (κ2) is 5.47. The Hall–Kier alpha value is -1.13. The van der Waals surface area contributed by atoms with Crippen LogP contribution in [0.1, 0.15) is 32.3 Å². The Bertz CT molecular complexity index is 360. The van der Waals surface area contributed by atoms with Gasteiger partial charge in [-0.2, -0.15) is 0 Å². The van der Waals surface area contributed by atoms with Crippen molar-refractivity contribution in [2.45, 2.75) is 51.5 Å². The van der Waals surface area contributed by atoms with Gasteiger partial charge in [0, 0.05) is 31.1 Å². The highest BCUT2D eigenvalue weighted by atomic mass is 16.5. The first-order valence-electron chi connectivity index (χ1n) is 6.15. The molecule has 1 fully saturated rings. The van der Waals surface area contributed by atoms with Crippen molar-refractivity contribution in [1.29, 1.82) is 0 Å². The molecule has 2 heterocycles. The molecule has 17 heavy (non-hydrogen) atoms. The highest BCUT2D eigenvalue weighted by Crippen LogP contribution is 2.24. The second-order valence-corrected chi connectivity index (χ2v) is 4.64. The lowest BCUT2D eigenvalue weighted by atomic mass is 10.0. The molecule has 0 saturated carbocycles. The largest absolute Gasteiger partial charge is 0.474 e. The summed E-state index contributed by atoms with van der Waals surface area (Å²) < 4.78 is 11.6. The fraction of sp³-hybridized carbons (Fsp3) is 0.615. The Labute approximate surface area is 102 Å². The van der Waals surface area contributed by atoms with E-state index >= 15 is 0 Å². The van der Waals surface area contributed by atoms with Gasteiger partial charge in [0.1, 0.15) is 6.10 Å². The van der Waals surface area contributed by atoms with Crippen LogP contribution < -0.4 is 10.5 Å². The predicted octanol–water partition coefficient (Wildman–Crippen LogP) is 1.88. The molecule has 1 aliphatic rings. The summed E-state index contributed by atoms with van der Waals surface area (Å²) in [5, 5.41) is 0. The molecule has 4 nitrogen and oxygen atoms in total. The molecule has 1 aromatic heterocycles. The van der Waals surface area contributed by atoms with Gasteiger partial charge in [-0.15, -0.1) is 0 Å². The van der Waals surface area contributed by atoms with E-state index in [1.54, 1.807) is 6.20 Å². The van der Waals surface area contributed by atoms with E-state index in [2.05, 4.69) is 18.8 Å². The van der Waals surface area contributed by atoms with Crippen molar-refractivity contribution in [2.75, 3.05) is 0 Å². The van der Waals surface area contributed by atoms with Crippen molar-refractivity contribution in [2.24, 2.45) is 5.73 Å². The van der Waals surface area contributed by atoms with E-state index in [1.807, 2.05) is 12.1 Å². The van der Waals surface area contributed by atoms with Crippen LogP contribution in [0.15, 0.2) is 18.3 Å². The fourth-order valence-electron chi connectivity index (χ4n) is 2.28. The summed E-state index contributed by atoms with van der Waals surface area (Å²) in [6, 6.07) is 3.83. The third-order valence-electron chi connectivity index (χ3n) is 3.00. The maximum atomic E-state index is 5.95. The average Bonchev–Trinajstić information content (AvgIpc) is 2.28. The maximum absolute atomic E-state index is 5.95. The van der Waals surface area contributed by atoms with E-state index < -0.39 is 0 Å². The molecular weight excluding hydrogens is 216 g/mol. The minimum absolute atomic E-state index is 0.175. The number of aromatic nitrogens is 1. The van der Waals surface area contributed by atoms with Crippen LogP contribution in [-0.4, -0.2) is 23.3 Å². The first kappa shape index (κ1) is 12.3. The fourth-order valence-corrected chi connectivity index (χ4v) is 2.28. The van der Waals surface area contributed by atoms with E-state index in [4.69, 9.17) is 15.2 Å².